The largest absolute Gasteiger partial charge is 0.507 e. The number of aliphatic hydroxyl groups is 1. The van der Waals surface area contributed by atoms with Gasteiger partial charge >= 0.3 is 0 Å². The maximum absolute atomic E-state index is 13.5. The van der Waals surface area contributed by atoms with Crippen molar-refractivity contribution in [2.45, 2.75) is 26.4 Å². The summed E-state index contributed by atoms with van der Waals surface area (Å²) in [7, 11) is 0. The van der Waals surface area contributed by atoms with Crippen LogP contribution in [-0.2, 0) is 16.1 Å². The van der Waals surface area contributed by atoms with Crippen LogP contribution in [0.1, 0.15) is 35.3 Å². The second-order valence-corrected chi connectivity index (χ2v) is 9.24. The second-order valence-electron chi connectivity index (χ2n) is 8.84. The zero-order valence-corrected chi connectivity index (χ0v) is 21.0. The van der Waals surface area contributed by atoms with Crippen molar-refractivity contribution in [1.82, 2.24) is 9.88 Å². The minimum Gasteiger partial charge on any atom is -0.507 e. The average molecular weight is 519 g/mol. The van der Waals surface area contributed by atoms with E-state index in [-0.39, 0.29) is 28.5 Å². The zero-order chi connectivity index (χ0) is 26.3. The highest BCUT2D eigenvalue weighted by atomic mass is 35.5. The molecule has 1 amide bonds. The Morgan fingerprint density at radius 3 is 2.57 bits per heavy atom. The molecule has 1 atom stereocenters. The highest BCUT2D eigenvalue weighted by molar-refractivity contribution is 6.47. The monoisotopic (exact) mass is 518 g/mol. The normalized spacial score (nSPS) is 17.1. The quantitative estimate of drug-likeness (QED) is 0.178. The average Bonchev–Trinajstić information content (AvgIpc) is 3.34. The van der Waals surface area contributed by atoms with Crippen molar-refractivity contribution in [3.63, 3.8) is 0 Å². The third-order valence-corrected chi connectivity index (χ3v) is 6.86. The number of hydrogen-bond donors (Lipinski definition) is 2. The van der Waals surface area contributed by atoms with Crippen molar-refractivity contribution in [3.05, 3.63) is 106 Å². The number of nitrogens with one attached hydrogen (secondary N) is 1. The number of amides is 1. The van der Waals surface area contributed by atoms with Gasteiger partial charge in [0.15, 0.2) is 0 Å². The molecule has 2 heterocycles. The number of aliphatic hydroxyl groups excluding tert-OH is 1. The summed E-state index contributed by atoms with van der Waals surface area (Å²) in [5.41, 5.74) is 3.03. The van der Waals surface area contributed by atoms with E-state index in [1.165, 1.54) is 17.0 Å². The number of carbonyl (C=O) groups is 2. The van der Waals surface area contributed by atoms with Gasteiger partial charge in [0.1, 0.15) is 17.3 Å². The Kier molecular flexibility index (Phi) is 6.48. The molecule has 6 nitrogen and oxygen atoms in total. The van der Waals surface area contributed by atoms with Gasteiger partial charge in [-0.3, -0.25) is 9.59 Å². The van der Waals surface area contributed by atoms with Crippen LogP contribution < -0.4 is 4.74 Å². The van der Waals surface area contributed by atoms with E-state index in [9.17, 15) is 19.1 Å². The Balaban J connectivity index is 1.74. The molecular weight excluding hydrogens is 495 g/mol. The molecule has 0 saturated carbocycles. The van der Waals surface area contributed by atoms with Gasteiger partial charge in [-0.25, -0.2) is 4.39 Å². The number of nitrogens with zero attached hydrogens (tertiary/aromatic N) is 1. The number of fused-ring (bicyclic) bond motifs is 1. The topological polar surface area (TPSA) is 82.6 Å². The van der Waals surface area contributed by atoms with Crippen molar-refractivity contribution >= 4 is 40.0 Å². The van der Waals surface area contributed by atoms with Gasteiger partial charge in [0, 0.05) is 34.3 Å². The molecule has 3 aromatic carbocycles. The first-order valence-electron chi connectivity index (χ1n) is 11.8. The molecule has 2 N–H and O–H groups in total. The Morgan fingerprint density at radius 2 is 1.84 bits per heavy atom. The van der Waals surface area contributed by atoms with Crippen LogP contribution in [0.3, 0.4) is 0 Å². The Labute approximate surface area is 217 Å². The predicted octanol–water partition coefficient (Wildman–Crippen LogP) is 6.29. The molecule has 1 unspecified atom stereocenters. The molecule has 0 bridgehead atoms. The van der Waals surface area contributed by atoms with Crippen molar-refractivity contribution in [2.75, 3.05) is 6.61 Å². The number of Topliss-reactive ketones (excluding diaryl/α,β-unsaturated/α-hetero) is 1. The summed E-state index contributed by atoms with van der Waals surface area (Å²) in [4.78, 5) is 31.6. The van der Waals surface area contributed by atoms with Crippen LogP contribution in [0.25, 0.3) is 16.7 Å². The van der Waals surface area contributed by atoms with E-state index in [4.69, 9.17) is 16.3 Å². The van der Waals surface area contributed by atoms with Crippen molar-refractivity contribution < 1.29 is 23.8 Å². The van der Waals surface area contributed by atoms with E-state index in [0.29, 0.717) is 23.5 Å². The fraction of sp³-hybridized carbons (Fsp3) is 0.172. The summed E-state index contributed by atoms with van der Waals surface area (Å²) in [6, 6.07) is 17.2. The minimum atomic E-state index is -0.909. The summed E-state index contributed by atoms with van der Waals surface area (Å²) in [6.45, 7) is 4.13. The third kappa shape index (κ3) is 4.36. The maximum atomic E-state index is 13.5. The summed E-state index contributed by atoms with van der Waals surface area (Å²) in [5.74, 6) is -1.92. The van der Waals surface area contributed by atoms with E-state index in [1.807, 2.05) is 38.1 Å². The number of ether oxygens (including phenoxy) is 1. The minimum absolute atomic E-state index is 0.0396. The van der Waals surface area contributed by atoms with Gasteiger partial charge in [-0.15, -0.1) is 0 Å². The van der Waals surface area contributed by atoms with Gasteiger partial charge in [0.05, 0.1) is 23.2 Å². The Hall–Kier alpha value is -4.10. The van der Waals surface area contributed by atoms with Gasteiger partial charge in [-0.2, -0.15) is 0 Å². The molecule has 1 aromatic heterocycles. The number of aromatic amines is 1. The number of H-pyrrole nitrogens is 1. The zero-order valence-electron chi connectivity index (χ0n) is 20.2. The number of para-hydroxylation sites is 1. The lowest BCUT2D eigenvalue weighted by Crippen LogP contribution is -2.29. The lowest BCUT2D eigenvalue weighted by Gasteiger charge is -2.26. The van der Waals surface area contributed by atoms with E-state index >= 15 is 0 Å². The molecule has 0 radical (unpaired) electrons. The van der Waals surface area contributed by atoms with Crippen molar-refractivity contribution in [2.24, 2.45) is 0 Å². The first kappa shape index (κ1) is 24.6. The molecule has 4 aromatic rings. The van der Waals surface area contributed by atoms with Crippen LogP contribution in [0.2, 0.25) is 5.02 Å². The van der Waals surface area contributed by atoms with Crippen molar-refractivity contribution in [1.29, 1.82) is 0 Å². The smallest absolute Gasteiger partial charge is 0.295 e. The van der Waals surface area contributed by atoms with Crippen LogP contribution in [0, 0.1) is 12.7 Å². The third-order valence-electron chi connectivity index (χ3n) is 6.53. The van der Waals surface area contributed by atoms with E-state index in [1.54, 1.807) is 30.3 Å². The molecular formula is C29H24ClFN2O4. The van der Waals surface area contributed by atoms with Gasteiger partial charge < -0.3 is 19.7 Å². The van der Waals surface area contributed by atoms with Crippen LogP contribution in [-0.4, -0.2) is 33.3 Å². The molecule has 1 aliphatic heterocycles. The molecule has 1 aliphatic rings. The number of likely N-dealkylation sites (tertiary alicyclic amines) is 1. The molecule has 0 aliphatic carbocycles. The number of aromatic nitrogens is 1. The van der Waals surface area contributed by atoms with Gasteiger partial charge in [0.25, 0.3) is 11.7 Å². The Bertz CT molecular complexity index is 1560. The van der Waals surface area contributed by atoms with Gasteiger partial charge in [0.2, 0.25) is 0 Å². The number of halogens is 2. The van der Waals surface area contributed by atoms with E-state index < -0.39 is 23.5 Å². The highest BCUT2D eigenvalue weighted by Gasteiger charge is 2.47. The van der Waals surface area contributed by atoms with Crippen LogP contribution in [0.5, 0.6) is 5.75 Å². The van der Waals surface area contributed by atoms with Crippen molar-refractivity contribution in [3.8, 4) is 5.75 Å². The fourth-order valence-electron chi connectivity index (χ4n) is 4.87. The number of hydrogen-bond acceptors (Lipinski definition) is 4. The summed E-state index contributed by atoms with van der Waals surface area (Å²) in [5, 5.41) is 12.5. The van der Waals surface area contributed by atoms with Gasteiger partial charge in [-0.1, -0.05) is 41.9 Å². The first-order chi connectivity index (χ1) is 17.8. The molecule has 1 fully saturated rings. The maximum Gasteiger partial charge on any atom is 0.295 e. The van der Waals surface area contributed by atoms with Crippen LogP contribution in [0.15, 0.2) is 72.3 Å². The number of rotatable bonds is 6. The van der Waals surface area contributed by atoms with Gasteiger partial charge in [-0.05, 0) is 55.8 Å². The lowest BCUT2D eigenvalue weighted by molar-refractivity contribution is -0.140. The molecule has 8 heteroatoms. The van der Waals surface area contributed by atoms with Crippen LogP contribution >= 0.6 is 11.6 Å². The number of carbonyl (C=O) groups excluding carboxylic acids is 2. The molecule has 5 rings (SSSR count). The summed E-state index contributed by atoms with van der Waals surface area (Å²) in [6.07, 6.45) is 0. The SMILES string of the molecule is CCOc1ccc(Cl)c(/C(O)=C2\C(=O)C(=O)N(Cc3ccc(F)cc3)C2c2c(C)[nH]c3ccccc23)c1. The summed E-state index contributed by atoms with van der Waals surface area (Å²) < 4.78 is 19.1. The lowest BCUT2D eigenvalue weighted by atomic mass is 9.93. The molecule has 37 heavy (non-hydrogen) atoms. The predicted molar refractivity (Wildman–Crippen MR) is 140 cm³/mol. The Morgan fingerprint density at radius 1 is 1.11 bits per heavy atom. The molecule has 1 saturated heterocycles. The first-order valence-corrected chi connectivity index (χ1v) is 12.2. The van der Waals surface area contributed by atoms with Crippen LogP contribution in [0.4, 0.5) is 4.39 Å². The number of aryl methyl sites for hydroxylation is 1. The molecule has 0 spiro atoms. The highest BCUT2D eigenvalue weighted by Crippen LogP contribution is 2.45. The fourth-order valence-corrected chi connectivity index (χ4v) is 5.07. The second kappa shape index (κ2) is 9.75. The standard InChI is InChI=1S/C29H24ClFN2O4/c1-3-37-19-12-13-22(30)21(14-19)27(34)25-26(24-16(2)32-23-7-5-4-6-20(23)24)33(29(36)28(25)35)15-17-8-10-18(31)11-9-17/h4-14,26,32,34H,3,15H2,1-2H3/b27-25+. The molecule has 188 valence electrons. The summed E-state index contributed by atoms with van der Waals surface area (Å²) >= 11 is 6.43. The van der Waals surface area contributed by atoms with E-state index in [2.05, 4.69) is 4.98 Å². The number of benzene rings is 3. The number of ketones is 1. The van der Waals surface area contributed by atoms with E-state index in [0.717, 1.165) is 16.6 Å².